The summed E-state index contributed by atoms with van der Waals surface area (Å²) in [6.07, 6.45) is 17.8. The molecule has 220 valence electrons. The highest BCUT2D eigenvalue weighted by atomic mass is 15.2. The van der Waals surface area contributed by atoms with Gasteiger partial charge in [0.15, 0.2) is 5.71 Å². The van der Waals surface area contributed by atoms with Crippen molar-refractivity contribution in [2.75, 3.05) is 18.5 Å². The third-order valence-electron chi connectivity index (χ3n) is 9.86. The Bertz CT molecular complexity index is 1790. The topological polar surface area (TPSA) is 6.25 Å². The van der Waals surface area contributed by atoms with Crippen LogP contribution in [0.4, 0.5) is 11.4 Å². The Hall–Kier alpha value is -3.91. The van der Waals surface area contributed by atoms with Crippen molar-refractivity contribution in [3.8, 4) is 0 Å². The Labute approximate surface area is 258 Å². The molecule has 0 amide bonds. The first kappa shape index (κ1) is 29.2. The van der Waals surface area contributed by atoms with Gasteiger partial charge in [-0.05, 0) is 65.6 Å². The van der Waals surface area contributed by atoms with Crippen LogP contribution in [-0.2, 0) is 10.8 Å². The average molecular weight is 568 g/mol. The van der Waals surface area contributed by atoms with E-state index < -0.39 is 0 Å². The number of anilines is 1. The first-order valence-corrected chi connectivity index (χ1v) is 16.3. The molecule has 2 heteroatoms. The first-order valence-electron chi connectivity index (χ1n) is 16.3. The first-order chi connectivity index (χ1) is 20.8. The number of hydrogen-bond acceptors (Lipinski definition) is 1. The predicted molar refractivity (Wildman–Crippen MR) is 187 cm³/mol. The van der Waals surface area contributed by atoms with Gasteiger partial charge in [0.05, 0.1) is 5.41 Å². The summed E-state index contributed by atoms with van der Waals surface area (Å²) in [5.74, 6) is 0. The molecule has 2 aliphatic rings. The Morgan fingerprint density at radius 3 is 2.05 bits per heavy atom. The van der Waals surface area contributed by atoms with E-state index in [1.54, 1.807) is 0 Å². The second-order valence-corrected chi connectivity index (χ2v) is 13.4. The van der Waals surface area contributed by atoms with Gasteiger partial charge in [-0.15, -0.1) is 0 Å². The Morgan fingerprint density at radius 1 is 0.674 bits per heavy atom. The quantitative estimate of drug-likeness (QED) is 0.111. The zero-order valence-corrected chi connectivity index (χ0v) is 27.0. The summed E-state index contributed by atoms with van der Waals surface area (Å²) in [7, 11) is 2.20. The van der Waals surface area contributed by atoms with Crippen LogP contribution in [0.5, 0.6) is 0 Å². The fourth-order valence-electron chi connectivity index (χ4n) is 7.70. The molecule has 0 saturated carbocycles. The number of rotatable bonds is 9. The normalized spacial score (nSPS) is 18.2. The summed E-state index contributed by atoms with van der Waals surface area (Å²) in [6.45, 7) is 12.9. The van der Waals surface area contributed by atoms with Crippen molar-refractivity contribution in [1.29, 1.82) is 0 Å². The zero-order chi connectivity index (χ0) is 30.2. The summed E-state index contributed by atoms with van der Waals surface area (Å²) in [5.41, 5.74) is 8.15. The molecule has 0 atom stereocenters. The maximum absolute atomic E-state index is 2.60. The van der Waals surface area contributed by atoms with Crippen LogP contribution in [-0.4, -0.2) is 23.9 Å². The lowest BCUT2D eigenvalue weighted by Gasteiger charge is -2.24. The van der Waals surface area contributed by atoms with Crippen LogP contribution in [0.25, 0.3) is 21.5 Å². The molecule has 0 fully saturated rings. The van der Waals surface area contributed by atoms with Crippen molar-refractivity contribution in [1.82, 2.24) is 0 Å². The monoisotopic (exact) mass is 567 g/mol. The smallest absolute Gasteiger partial charge is 0.210 e. The maximum atomic E-state index is 2.60. The standard InChI is InChI=1S/C41H47N2/c1-7-8-9-10-18-29-43-35-28-26-31-20-15-17-22-33(31)39(35)41(4,5)37(43)24-13-11-12-23-36-40(2,3)38-32-21-16-14-19-30(32)25-27-34(38)42(36)6/h11-17,19-28H,7-10,18,29H2,1-6H3/q+1. The number of hydrogen-bond donors (Lipinski definition) is 0. The van der Waals surface area contributed by atoms with Crippen LogP contribution in [0.15, 0.2) is 109 Å². The highest BCUT2D eigenvalue weighted by molar-refractivity contribution is 6.07. The minimum Gasteiger partial charge on any atom is -0.347 e. The summed E-state index contributed by atoms with van der Waals surface area (Å²) in [6, 6.07) is 26.8. The molecule has 0 saturated heterocycles. The van der Waals surface area contributed by atoms with Gasteiger partial charge in [-0.2, -0.15) is 4.58 Å². The van der Waals surface area contributed by atoms with Crippen LogP contribution < -0.4 is 4.90 Å². The summed E-state index contributed by atoms with van der Waals surface area (Å²) in [4.78, 5) is 2.37. The van der Waals surface area contributed by atoms with Gasteiger partial charge in [0.2, 0.25) is 5.69 Å². The largest absolute Gasteiger partial charge is 0.347 e. The van der Waals surface area contributed by atoms with Crippen LogP contribution in [0, 0.1) is 0 Å². The maximum Gasteiger partial charge on any atom is 0.210 e. The van der Waals surface area contributed by atoms with Crippen molar-refractivity contribution >= 4 is 38.6 Å². The number of fused-ring (bicyclic) bond motifs is 6. The zero-order valence-electron chi connectivity index (χ0n) is 27.0. The molecule has 0 aromatic heterocycles. The van der Waals surface area contributed by atoms with E-state index in [1.807, 2.05) is 0 Å². The predicted octanol–water partition coefficient (Wildman–Crippen LogP) is 10.8. The molecule has 0 aliphatic carbocycles. The minimum atomic E-state index is -0.0710. The lowest BCUT2D eigenvalue weighted by Crippen LogP contribution is -2.28. The molecule has 0 bridgehead atoms. The second-order valence-electron chi connectivity index (χ2n) is 13.4. The molecule has 6 rings (SSSR count). The number of likely N-dealkylation sites (N-methyl/N-ethyl adjacent to an activating group) is 1. The molecule has 43 heavy (non-hydrogen) atoms. The molecule has 0 spiro atoms. The highest BCUT2D eigenvalue weighted by Gasteiger charge is 2.45. The van der Waals surface area contributed by atoms with Crippen molar-refractivity contribution in [3.05, 3.63) is 120 Å². The van der Waals surface area contributed by atoms with E-state index in [0.29, 0.717) is 0 Å². The molecule has 0 unspecified atom stereocenters. The summed E-state index contributed by atoms with van der Waals surface area (Å²) >= 11 is 0. The molecule has 4 aromatic rings. The van der Waals surface area contributed by atoms with Gasteiger partial charge in [-0.25, -0.2) is 0 Å². The lowest BCUT2D eigenvalue weighted by molar-refractivity contribution is -0.438. The van der Waals surface area contributed by atoms with Gasteiger partial charge < -0.3 is 4.90 Å². The van der Waals surface area contributed by atoms with E-state index >= 15 is 0 Å². The van der Waals surface area contributed by atoms with Gasteiger partial charge in [0.1, 0.15) is 6.54 Å². The van der Waals surface area contributed by atoms with Crippen LogP contribution in [0.3, 0.4) is 0 Å². The van der Waals surface area contributed by atoms with Gasteiger partial charge >= 0.3 is 0 Å². The molecule has 2 nitrogen and oxygen atoms in total. The average Bonchev–Trinajstić information content (AvgIpc) is 3.34. The number of unbranched alkanes of at least 4 members (excludes halogenated alkanes) is 4. The second kappa shape index (κ2) is 11.6. The highest BCUT2D eigenvalue weighted by Crippen LogP contribution is 2.50. The van der Waals surface area contributed by atoms with Crippen LogP contribution in [0.2, 0.25) is 0 Å². The van der Waals surface area contributed by atoms with Gasteiger partial charge in [0.25, 0.3) is 0 Å². The number of benzene rings is 4. The fourth-order valence-corrected chi connectivity index (χ4v) is 7.70. The van der Waals surface area contributed by atoms with Crippen molar-refractivity contribution in [2.24, 2.45) is 0 Å². The number of allylic oxidation sites excluding steroid dienone is 6. The molecule has 0 radical (unpaired) electrons. The molecule has 4 aromatic carbocycles. The van der Waals surface area contributed by atoms with Crippen LogP contribution >= 0.6 is 0 Å². The van der Waals surface area contributed by atoms with Gasteiger partial charge in [-0.1, -0.05) is 113 Å². The van der Waals surface area contributed by atoms with Crippen molar-refractivity contribution in [2.45, 2.75) is 77.6 Å². The van der Waals surface area contributed by atoms with Gasteiger partial charge in [-0.3, -0.25) is 0 Å². The summed E-state index contributed by atoms with van der Waals surface area (Å²) < 4.78 is 2.60. The Balaban J connectivity index is 1.30. The van der Waals surface area contributed by atoms with Crippen molar-refractivity contribution < 1.29 is 4.58 Å². The van der Waals surface area contributed by atoms with E-state index in [1.165, 1.54) is 87.6 Å². The minimum absolute atomic E-state index is 0.0707. The molecule has 2 aliphatic heterocycles. The molecular weight excluding hydrogens is 520 g/mol. The lowest BCUT2D eigenvalue weighted by atomic mass is 9.79. The molecule has 2 heterocycles. The number of nitrogens with zero attached hydrogens (tertiary/aromatic N) is 2. The SMILES string of the molecule is CCCCCCC[N+]1=C(/C=C/C=C/C=C2/N(C)c3ccc4ccccc4c3C2(C)C)C(C)(C)c2c1ccc1ccccc21. The van der Waals surface area contributed by atoms with E-state index in [-0.39, 0.29) is 10.8 Å². The van der Waals surface area contributed by atoms with E-state index in [9.17, 15) is 0 Å². The molecular formula is C41H47N2+. The van der Waals surface area contributed by atoms with Crippen LogP contribution in [0.1, 0.15) is 77.8 Å². The van der Waals surface area contributed by atoms with E-state index in [4.69, 9.17) is 0 Å². The van der Waals surface area contributed by atoms with E-state index in [0.717, 1.165) is 6.54 Å². The third-order valence-corrected chi connectivity index (χ3v) is 9.86. The fraction of sp³-hybridized carbons (Fsp3) is 0.341. The third kappa shape index (κ3) is 5.05. The van der Waals surface area contributed by atoms with E-state index in [2.05, 4.69) is 154 Å². The van der Waals surface area contributed by atoms with Gasteiger partial charge in [0, 0.05) is 48.0 Å². The summed E-state index contributed by atoms with van der Waals surface area (Å²) in [5, 5.41) is 5.36. The van der Waals surface area contributed by atoms with Crippen molar-refractivity contribution in [3.63, 3.8) is 0 Å². The molecule has 0 N–H and O–H groups in total. The Kier molecular flexibility index (Phi) is 7.90. The Morgan fingerprint density at radius 2 is 1.33 bits per heavy atom.